The van der Waals surface area contributed by atoms with E-state index < -0.39 is 0 Å². The first-order valence-electron chi connectivity index (χ1n) is 5.88. The van der Waals surface area contributed by atoms with Gasteiger partial charge in [-0.25, -0.2) is 9.97 Å². The highest BCUT2D eigenvalue weighted by molar-refractivity contribution is 5.34. The van der Waals surface area contributed by atoms with Crippen molar-refractivity contribution in [2.75, 3.05) is 0 Å². The second kappa shape index (κ2) is 5.75. The fourth-order valence-corrected chi connectivity index (χ4v) is 1.49. The lowest BCUT2D eigenvalue weighted by molar-refractivity contribution is 0.448. The molecule has 0 saturated heterocycles. The summed E-state index contributed by atoms with van der Waals surface area (Å²) >= 11 is 0. The van der Waals surface area contributed by atoms with E-state index in [1.807, 2.05) is 0 Å². The smallest absolute Gasteiger partial charge is 0.237 e. The van der Waals surface area contributed by atoms with Crippen LogP contribution in [0.5, 0.6) is 23.3 Å². The first kappa shape index (κ1) is 12.0. The molecule has 6 heteroatoms. The second-order valence-corrected chi connectivity index (χ2v) is 3.76. The molecule has 3 aromatic rings. The predicted octanol–water partition coefficient (Wildman–Crippen LogP) is 2.85. The van der Waals surface area contributed by atoms with Gasteiger partial charge in [0.2, 0.25) is 11.8 Å². The van der Waals surface area contributed by atoms with Gasteiger partial charge < -0.3 is 9.47 Å². The average Bonchev–Trinajstić information content (AvgIpc) is 2.51. The molecular formula is C14H10N4O2. The zero-order valence-corrected chi connectivity index (χ0v) is 10.4. The molecule has 0 aliphatic rings. The topological polar surface area (TPSA) is 70.0 Å². The van der Waals surface area contributed by atoms with Gasteiger partial charge in [0.15, 0.2) is 0 Å². The molecule has 98 valence electrons. The highest BCUT2D eigenvalue weighted by Gasteiger charge is 2.01. The first-order chi connectivity index (χ1) is 9.90. The molecule has 0 N–H and O–H groups in total. The Bertz CT molecular complexity index is 599. The number of nitrogens with zero attached hydrogens (tertiary/aromatic N) is 4. The van der Waals surface area contributed by atoms with Gasteiger partial charge in [-0.2, -0.15) is 0 Å². The van der Waals surface area contributed by atoms with Gasteiger partial charge in [0, 0.05) is 24.8 Å². The summed E-state index contributed by atoms with van der Waals surface area (Å²) in [6.07, 6.45) is 9.41. The highest BCUT2D eigenvalue weighted by atomic mass is 16.5. The third-order valence-electron chi connectivity index (χ3n) is 2.35. The summed E-state index contributed by atoms with van der Waals surface area (Å²) in [5.74, 6) is 2.18. The van der Waals surface area contributed by atoms with Crippen molar-refractivity contribution >= 4 is 0 Å². The van der Waals surface area contributed by atoms with Crippen LogP contribution in [-0.2, 0) is 0 Å². The van der Waals surface area contributed by atoms with Gasteiger partial charge in [0.05, 0.1) is 12.4 Å². The number of hydrogen-bond donors (Lipinski definition) is 0. The normalized spacial score (nSPS) is 10.0. The lowest BCUT2D eigenvalue weighted by atomic mass is 10.3. The van der Waals surface area contributed by atoms with Crippen molar-refractivity contribution < 1.29 is 9.47 Å². The summed E-state index contributed by atoms with van der Waals surface area (Å²) in [5.41, 5.74) is 0. The van der Waals surface area contributed by atoms with Crippen molar-refractivity contribution in [1.82, 2.24) is 19.9 Å². The van der Waals surface area contributed by atoms with Crippen LogP contribution >= 0.6 is 0 Å². The molecule has 6 nitrogen and oxygen atoms in total. The summed E-state index contributed by atoms with van der Waals surface area (Å²) in [5, 5.41) is 0. The van der Waals surface area contributed by atoms with Crippen LogP contribution in [0.4, 0.5) is 0 Å². The van der Waals surface area contributed by atoms with E-state index in [1.54, 1.807) is 61.4 Å². The van der Waals surface area contributed by atoms with E-state index in [0.717, 1.165) is 0 Å². The van der Waals surface area contributed by atoms with Crippen LogP contribution in [0.3, 0.4) is 0 Å². The Labute approximate surface area is 115 Å². The quantitative estimate of drug-likeness (QED) is 0.723. The lowest BCUT2D eigenvalue weighted by Crippen LogP contribution is -1.90. The lowest BCUT2D eigenvalue weighted by Gasteiger charge is -2.06. The minimum Gasteiger partial charge on any atom is -0.438 e. The summed E-state index contributed by atoms with van der Waals surface area (Å²) in [7, 11) is 0. The second-order valence-electron chi connectivity index (χ2n) is 3.76. The van der Waals surface area contributed by atoms with E-state index in [-0.39, 0.29) is 0 Å². The fraction of sp³-hybridized carbons (Fsp3) is 0. The summed E-state index contributed by atoms with van der Waals surface area (Å²) < 4.78 is 11.1. The van der Waals surface area contributed by atoms with Crippen molar-refractivity contribution in [3.8, 4) is 23.3 Å². The zero-order chi connectivity index (χ0) is 13.6. The van der Waals surface area contributed by atoms with E-state index in [0.29, 0.717) is 23.3 Å². The van der Waals surface area contributed by atoms with E-state index in [1.165, 1.54) is 0 Å². The van der Waals surface area contributed by atoms with E-state index in [9.17, 15) is 0 Å². The molecule has 0 saturated carbocycles. The molecule has 0 amide bonds. The molecule has 0 spiro atoms. The SMILES string of the molecule is c1cnc(Oc2ccc(Oc3cnccn3)cc2)cn1. The summed E-state index contributed by atoms with van der Waals surface area (Å²) in [6, 6.07) is 7.11. The van der Waals surface area contributed by atoms with Crippen LogP contribution in [0.1, 0.15) is 0 Å². The maximum atomic E-state index is 5.53. The molecule has 0 aliphatic carbocycles. The monoisotopic (exact) mass is 266 g/mol. The van der Waals surface area contributed by atoms with E-state index >= 15 is 0 Å². The van der Waals surface area contributed by atoms with Crippen molar-refractivity contribution in [2.24, 2.45) is 0 Å². The molecule has 2 aromatic heterocycles. The van der Waals surface area contributed by atoms with Gasteiger partial charge in [-0.05, 0) is 24.3 Å². The number of aromatic nitrogens is 4. The van der Waals surface area contributed by atoms with Crippen LogP contribution in [0.15, 0.2) is 61.4 Å². The van der Waals surface area contributed by atoms with E-state index in [4.69, 9.17) is 9.47 Å². The standard InChI is InChI=1S/C14H10N4O2/c1-2-12(20-14-10-16-6-8-18-14)4-3-11(1)19-13-9-15-5-7-17-13/h1-10H. The maximum Gasteiger partial charge on any atom is 0.237 e. The number of benzene rings is 1. The largest absolute Gasteiger partial charge is 0.438 e. The zero-order valence-electron chi connectivity index (χ0n) is 10.4. The van der Waals surface area contributed by atoms with Crippen LogP contribution in [0, 0.1) is 0 Å². The van der Waals surface area contributed by atoms with Gasteiger partial charge in [0.25, 0.3) is 0 Å². The number of ether oxygens (including phenoxy) is 2. The van der Waals surface area contributed by atoms with Crippen LogP contribution in [-0.4, -0.2) is 19.9 Å². The molecule has 0 atom stereocenters. The van der Waals surface area contributed by atoms with Crippen molar-refractivity contribution in [1.29, 1.82) is 0 Å². The van der Waals surface area contributed by atoms with Crippen LogP contribution in [0.25, 0.3) is 0 Å². The Kier molecular flexibility index (Phi) is 3.46. The first-order valence-corrected chi connectivity index (χ1v) is 5.88. The van der Waals surface area contributed by atoms with Crippen molar-refractivity contribution in [3.63, 3.8) is 0 Å². The number of rotatable bonds is 4. The minimum absolute atomic E-state index is 0.440. The van der Waals surface area contributed by atoms with Crippen molar-refractivity contribution in [2.45, 2.75) is 0 Å². The Morgan fingerprint density at radius 3 is 1.40 bits per heavy atom. The van der Waals surface area contributed by atoms with Crippen LogP contribution < -0.4 is 9.47 Å². The van der Waals surface area contributed by atoms with Gasteiger partial charge in [-0.1, -0.05) is 0 Å². The molecule has 1 aromatic carbocycles. The molecule has 0 aliphatic heterocycles. The predicted molar refractivity (Wildman–Crippen MR) is 70.7 cm³/mol. The summed E-state index contributed by atoms with van der Waals surface area (Å²) in [4.78, 5) is 15.9. The van der Waals surface area contributed by atoms with Gasteiger partial charge in [-0.15, -0.1) is 0 Å². The molecule has 0 bridgehead atoms. The molecule has 0 unspecified atom stereocenters. The molecule has 0 fully saturated rings. The Hall–Kier alpha value is -3.02. The Balaban J connectivity index is 1.69. The van der Waals surface area contributed by atoms with Crippen molar-refractivity contribution in [3.05, 3.63) is 61.4 Å². The molecule has 20 heavy (non-hydrogen) atoms. The van der Waals surface area contributed by atoms with Gasteiger partial charge in [0.1, 0.15) is 11.5 Å². The third kappa shape index (κ3) is 3.05. The van der Waals surface area contributed by atoms with Gasteiger partial charge in [-0.3, -0.25) is 9.97 Å². The van der Waals surface area contributed by atoms with E-state index in [2.05, 4.69) is 19.9 Å². The Morgan fingerprint density at radius 1 is 0.600 bits per heavy atom. The summed E-state index contributed by atoms with van der Waals surface area (Å²) in [6.45, 7) is 0. The average molecular weight is 266 g/mol. The molecule has 2 heterocycles. The Morgan fingerprint density at radius 2 is 1.05 bits per heavy atom. The van der Waals surface area contributed by atoms with Gasteiger partial charge >= 0.3 is 0 Å². The minimum atomic E-state index is 0.440. The maximum absolute atomic E-state index is 5.53. The van der Waals surface area contributed by atoms with Crippen LogP contribution in [0.2, 0.25) is 0 Å². The third-order valence-corrected chi connectivity index (χ3v) is 2.35. The molecule has 0 radical (unpaired) electrons. The molecular weight excluding hydrogens is 256 g/mol. The number of hydrogen-bond acceptors (Lipinski definition) is 6. The highest BCUT2D eigenvalue weighted by Crippen LogP contribution is 2.24. The fourth-order valence-electron chi connectivity index (χ4n) is 1.49. The molecule has 3 rings (SSSR count).